The molecule has 0 amide bonds. The van der Waals surface area contributed by atoms with Crippen molar-refractivity contribution < 1.29 is 13.2 Å². The van der Waals surface area contributed by atoms with Crippen molar-refractivity contribution in [3.63, 3.8) is 0 Å². The molecule has 1 unspecified atom stereocenters. The van der Waals surface area contributed by atoms with E-state index in [1.54, 1.807) is 17.8 Å². The maximum absolute atomic E-state index is 13.5. The van der Waals surface area contributed by atoms with Crippen LogP contribution in [0.3, 0.4) is 0 Å². The van der Waals surface area contributed by atoms with Crippen molar-refractivity contribution in [1.82, 2.24) is 4.90 Å². The van der Waals surface area contributed by atoms with Gasteiger partial charge in [0, 0.05) is 28.9 Å². The van der Waals surface area contributed by atoms with Crippen LogP contribution < -0.4 is 0 Å². The van der Waals surface area contributed by atoms with E-state index < -0.39 is 11.7 Å². The third-order valence-corrected chi connectivity index (χ3v) is 8.77. The zero-order valence-electron chi connectivity index (χ0n) is 18.5. The summed E-state index contributed by atoms with van der Waals surface area (Å²) in [6.07, 6.45) is 4.28. The predicted molar refractivity (Wildman–Crippen MR) is 125 cm³/mol. The Balaban J connectivity index is 1.47. The predicted octanol–water partition coefficient (Wildman–Crippen LogP) is 8.04. The summed E-state index contributed by atoms with van der Waals surface area (Å²) < 4.78 is 40.5. The van der Waals surface area contributed by atoms with Crippen LogP contribution >= 0.6 is 11.8 Å². The fourth-order valence-electron chi connectivity index (χ4n) is 5.76. The molecule has 2 fully saturated rings. The molecule has 1 saturated heterocycles. The van der Waals surface area contributed by atoms with E-state index in [1.165, 1.54) is 49.8 Å². The average Bonchev–Trinajstić information content (AvgIpc) is 2.82. The third-order valence-electron chi connectivity index (χ3n) is 7.62. The summed E-state index contributed by atoms with van der Waals surface area (Å²) in [5.74, 6) is 0.792. The quantitative estimate of drug-likeness (QED) is 0.383. The Bertz CT molecular complexity index is 1010. The Hall–Kier alpha value is -1.72. The van der Waals surface area contributed by atoms with E-state index in [9.17, 15) is 13.2 Å². The molecule has 2 heterocycles. The van der Waals surface area contributed by atoms with Crippen LogP contribution in [-0.4, -0.2) is 24.0 Å². The highest BCUT2D eigenvalue weighted by Gasteiger charge is 2.34. The molecular weight excluding hydrogens is 427 g/mol. The van der Waals surface area contributed by atoms with E-state index in [0.717, 1.165) is 58.3 Å². The minimum absolute atomic E-state index is 0.558. The van der Waals surface area contributed by atoms with Crippen molar-refractivity contribution in [2.75, 3.05) is 13.1 Å². The lowest BCUT2D eigenvalue weighted by atomic mass is 9.82. The van der Waals surface area contributed by atoms with Crippen molar-refractivity contribution in [3.05, 3.63) is 64.7 Å². The molecular formula is C27H30F3NS. The highest BCUT2D eigenvalue weighted by atomic mass is 32.2. The molecule has 2 aliphatic heterocycles. The van der Waals surface area contributed by atoms with Crippen LogP contribution in [0.15, 0.2) is 57.8 Å². The number of nitrogens with zero attached hydrogens (tertiary/aromatic N) is 1. The first-order valence-corrected chi connectivity index (χ1v) is 12.7. The van der Waals surface area contributed by atoms with Crippen LogP contribution in [0.4, 0.5) is 13.2 Å². The van der Waals surface area contributed by atoms with E-state index in [-0.39, 0.29) is 0 Å². The fraction of sp³-hybridized carbons (Fsp3) is 0.481. The zero-order chi connectivity index (χ0) is 22.3. The first-order valence-electron chi connectivity index (χ1n) is 11.9. The summed E-state index contributed by atoms with van der Waals surface area (Å²) in [6, 6.07) is 13.0. The van der Waals surface area contributed by atoms with Gasteiger partial charge in [0.2, 0.25) is 0 Å². The van der Waals surface area contributed by atoms with Gasteiger partial charge in [-0.1, -0.05) is 54.8 Å². The maximum atomic E-state index is 13.5. The minimum atomic E-state index is -4.33. The van der Waals surface area contributed by atoms with Crippen LogP contribution in [0, 0.1) is 5.92 Å². The van der Waals surface area contributed by atoms with E-state index in [1.807, 2.05) is 12.1 Å². The second-order valence-electron chi connectivity index (χ2n) is 9.46. The topological polar surface area (TPSA) is 3.24 Å². The van der Waals surface area contributed by atoms with Gasteiger partial charge < -0.3 is 0 Å². The van der Waals surface area contributed by atoms with Crippen molar-refractivity contribution in [2.45, 2.75) is 73.9 Å². The molecule has 3 aliphatic rings. The van der Waals surface area contributed by atoms with Gasteiger partial charge >= 0.3 is 6.18 Å². The number of piperidine rings is 1. The molecule has 0 aromatic heterocycles. The fourth-order valence-corrected chi connectivity index (χ4v) is 6.83. The number of rotatable bonds is 2. The minimum Gasteiger partial charge on any atom is -0.300 e. The van der Waals surface area contributed by atoms with Gasteiger partial charge in [0.25, 0.3) is 0 Å². The van der Waals surface area contributed by atoms with E-state index in [0.29, 0.717) is 6.04 Å². The second kappa shape index (κ2) is 8.90. The van der Waals surface area contributed by atoms with E-state index in [4.69, 9.17) is 0 Å². The molecule has 1 saturated carbocycles. The highest BCUT2D eigenvalue weighted by molar-refractivity contribution is 7.99. The van der Waals surface area contributed by atoms with Crippen LogP contribution in [-0.2, 0) is 6.18 Å². The third kappa shape index (κ3) is 4.26. The number of hydrogen-bond acceptors (Lipinski definition) is 2. The van der Waals surface area contributed by atoms with Crippen molar-refractivity contribution >= 4 is 17.3 Å². The number of likely N-dealkylation sites (tertiary alicyclic amines) is 1. The maximum Gasteiger partial charge on any atom is 0.416 e. The molecule has 0 N–H and O–H groups in total. The van der Waals surface area contributed by atoms with Gasteiger partial charge in [0.15, 0.2) is 0 Å². The standard InChI is InChI=1S/C27H30F3NS/c1-18(19-7-3-2-4-8-19)31-15-13-20(14-16-31)26-22-9-5-6-10-24(22)32-25-12-11-21(17-23(25)26)27(28,29)30/h5-6,9-12,17-19H,2-4,7-8,13-16H2,1H3. The number of hydrogen-bond donors (Lipinski definition) is 0. The first kappa shape index (κ1) is 22.1. The molecule has 5 rings (SSSR count). The number of benzene rings is 2. The Morgan fingerprint density at radius 2 is 1.59 bits per heavy atom. The molecule has 0 radical (unpaired) electrons. The summed E-state index contributed by atoms with van der Waals surface area (Å²) in [6.45, 7) is 4.38. The lowest BCUT2D eigenvalue weighted by Crippen LogP contribution is -2.43. The average molecular weight is 458 g/mol. The van der Waals surface area contributed by atoms with Crippen molar-refractivity contribution in [2.24, 2.45) is 5.92 Å². The van der Waals surface area contributed by atoms with E-state index >= 15 is 0 Å². The summed E-state index contributed by atoms with van der Waals surface area (Å²) >= 11 is 1.58. The molecule has 5 heteroatoms. The Labute approximate surface area is 193 Å². The van der Waals surface area contributed by atoms with Gasteiger partial charge in [-0.05, 0) is 79.5 Å². The molecule has 2 aromatic carbocycles. The highest BCUT2D eigenvalue weighted by Crippen LogP contribution is 2.49. The zero-order valence-corrected chi connectivity index (χ0v) is 19.4. The van der Waals surface area contributed by atoms with Gasteiger partial charge in [-0.3, -0.25) is 4.90 Å². The monoisotopic (exact) mass is 457 g/mol. The van der Waals surface area contributed by atoms with Crippen molar-refractivity contribution in [1.29, 1.82) is 0 Å². The van der Waals surface area contributed by atoms with Gasteiger partial charge in [0.1, 0.15) is 0 Å². The van der Waals surface area contributed by atoms with Crippen LogP contribution in [0.25, 0.3) is 5.57 Å². The normalized spacial score (nSPS) is 21.2. The summed E-state index contributed by atoms with van der Waals surface area (Å²) in [4.78, 5) is 4.69. The molecule has 0 spiro atoms. The summed E-state index contributed by atoms with van der Waals surface area (Å²) in [7, 11) is 0. The molecule has 1 atom stereocenters. The first-order chi connectivity index (χ1) is 15.4. The number of fused-ring (bicyclic) bond motifs is 2. The van der Waals surface area contributed by atoms with Crippen LogP contribution in [0.1, 0.15) is 68.6 Å². The SMILES string of the molecule is CC(C1CCCCC1)N1CCC(=C2c3ccccc3Sc3ccc(C(F)(F)F)cc32)CC1. The Kier molecular flexibility index (Phi) is 6.15. The largest absolute Gasteiger partial charge is 0.416 e. The molecule has 0 bridgehead atoms. The molecule has 32 heavy (non-hydrogen) atoms. The Morgan fingerprint density at radius 3 is 2.31 bits per heavy atom. The lowest BCUT2D eigenvalue weighted by Gasteiger charge is -2.40. The second-order valence-corrected chi connectivity index (χ2v) is 10.5. The number of alkyl halides is 3. The summed E-state index contributed by atoms with van der Waals surface area (Å²) in [5, 5.41) is 0. The van der Waals surface area contributed by atoms with Gasteiger partial charge in [-0.2, -0.15) is 13.2 Å². The Morgan fingerprint density at radius 1 is 0.906 bits per heavy atom. The van der Waals surface area contributed by atoms with Gasteiger partial charge in [-0.25, -0.2) is 0 Å². The van der Waals surface area contributed by atoms with Gasteiger partial charge in [0.05, 0.1) is 5.56 Å². The van der Waals surface area contributed by atoms with Crippen LogP contribution in [0.2, 0.25) is 0 Å². The van der Waals surface area contributed by atoms with Crippen molar-refractivity contribution in [3.8, 4) is 0 Å². The lowest BCUT2D eigenvalue weighted by molar-refractivity contribution is -0.137. The molecule has 1 aliphatic carbocycles. The van der Waals surface area contributed by atoms with Crippen LogP contribution in [0.5, 0.6) is 0 Å². The molecule has 2 aromatic rings. The van der Waals surface area contributed by atoms with E-state index in [2.05, 4.69) is 24.0 Å². The number of halogens is 3. The molecule has 1 nitrogen and oxygen atoms in total. The molecule has 170 valence electrons. The van der Waals surface area contributed by atoms with Gasteiger partial charge in [-0.15, -0.1) is 0 Å². The summed E-state index contributed by atoms with van der Waals surface area (Å²) in [5.41, 5.74) is 3.65. The smallest absolute Gasteiger partial charge is 0.300 e.